The zero-order valence-corrected chi connectivity index (χ0v) is 10.9. The molecule has 2 atom stereocenters. The minimum absolute atomic E-state index is 0.00516. The quantitative estimate of drug-likeness (QED) is 0.710. The lowest BCUT2D eigenvalue weighted by molar-refractivity contribution is 0.0813. The van der Waals surface area contributed by atoms with Crippen LogP contribution < -0.4 is 0 Å². The molecule has 0 aromatic heterocycles. The number of hydrogen-bond donors (Lipinski definition) is 1. The minimum atomic E-state index is -1.38. The molecule has 0 heterocycles. The summed E-state index contributed by atoms with van der Waals surface area (Å²) in [5.41, 5.74) is 0. The van der Waals surface area contributed by atoms with Gasteiger partial charge in [-0.15, -0.1) is 0 Å². The van der Waals surface area contributed by atoms with Crippen molar-refractivity contribution in [3.63, 3.8) is 0 Å². The summed E-state index contributed by atoms with van der Waals surface area (Å²) in [5, 5.41) is 10.1. The van der Waals surface area contributed by atoms with Crippen LogP contribution in [0.3, 0.4) is 0 Å². The Balaban J connectivity index is 2.36. The van der Waals surface area contributed by atoms with Crippen LogP contribution in [-0.4, -0.2) is 19.3 Å². The molecule has 0 spiro atoms. The van der Waals surface area contributed by atoms with E-state index in [1.807, 2.05) is 0 Å². The lowest BCUT2D eigenvalue weighted by Crippen LogP contribution is -2.27. The molecule has 84 valence electrons. The van der Waals surface area contributed by atoms with E-state index >= 15 is 0 Å². The second kappa shape index (κ2) is 5.31. The number of hydrogen-bond acceptors (Lipinski definition) is 1. The number of aliphatic hydroxyl groups excluding tert-OH is 1. The highest BCUT2D eigenvalue weighted by Crippen LogP contribution is 2.29. The van der Waals surface area contributed by atoms with Gasteiger partial charge in [-0.05, 0) is 25.2 Å². The van der Waals surface area contributed by atoms with Gasteiger partial charge in [-0.2, -0.15) is 0 Å². The first-order chi connectivity index (χ1) is 6.91. The van der Waals surface area contributed by atoms with Crippen molar-refractivity contribution in [2.75, 3.05) is 0 Å². The maximum absolute atomic E-state index is 10.1. The minimum Gasteiger partial charge on any atom is -0.393 e. The topological polar surface area (TPSA) is 20.2 Å². The summed E-state index contributed by atoms with van der Waals surface area (Å²) in [7, 11) is -1.38. The molecule has 2 unspecified atom stereocenters. The predicted molar refractivity (Wildman–Crippen MR) is 65.4 cm³/mol. The van der Waals surface area contributed by atoms with Gasteiger partial charge in [0.25, 0.3) is 0 Å². The van der Waals surface area contributed by atoms with E-state index in [4.69, 9.17) is 1.37 Å². The Hall–Kier alpha value is 0.177. The van der Waals surface area contributed by atoms with E-state index < -0.39 is 8.07 Å². The van der Waals surface area contributed by atoms with Gasteiger partial charge in [-0.25, -0.2) is 0 Å². The molecule has 1 saturated carbocycles. The summed E-state index contributed by atoms with van der Waals surface area (Å²) in [6.07, 6.45) is 6.75. The van der Waals surface area contributed by atoms with Crippen molar-refractivity contribution in [1.29, 1.82) is 0 Å². The SMILES string of the molecule is [2H]C(CC(O)C1CCCCC1)[Si](C)(C)C. The molecule has 0 radical (unpaired) electrons. The zero-order valence-electron chi connectivity index (χ0n) is 10.9. The second-order valence-corrected chi connectivity index (χ2v) is 10.9. The molecule has 1 N–H and O–H groups in total. The van der Waals surface area contributed by atoms with Crippen LogP contribution in [-0.2, 0) is 0 Å². The zero-order chi connectivity index (χ0) is 11.5. The largest absolute Gasteiger partial charge is 0.393 e. The van der Waals surface area contributed by atoms with Crippen LogP contribution in [0.5, 0.6) is 0 Å². The highest BCUT2D eigenvalue weighted by molar-refractivity contribution is 6.76. The molecule has 0 saturated heterocycles. The standard InChI is InChI=1S/C12H26OSi/c1-14(2,3)10-9-12(13)11-7-5-4-6-8-11/h11-13H,4-10H2,1-3H3/i10D. The first-order valence-electron chi connectivity index (χ1n) is 6.59. The van der Waals surface area contributed by atoms with Gasteiger partial charge in [0.1, 0.15) is 0 Å². The van der Waals surface area contributed by atoms with Crippen LogP contribution in [0.4, 0.5) is 0 Å². The summed E-state index contributed by atoms with van der Waals surface area (Å²) in [5.74, 6) is 0.489. The molecule has 0 bridgehead atoms. The average molecular weight is 215 g/mol. The van der Waals surface area contributed by atoms with Crippen LogP contribution in [0.15, 0.2) is 0 Å². The van der Waals surface area contributed by atoms with Crippen molar-refractivity contribution in [2.24, 2.45) is 5.92 Å². The van der Waals surface area contributed by atoms with Gasteiger partial charge in [0, 0.05) is 9.44 Å². The molecule has 2 heteroatoms. The fraction of sp³-hybridized carbons (Fsp3) is 1.00. The van der Waals surface area contributed by atoms with E-state index in [0.29, 0.717) is 12.3 Å². The maximum Gasteiger partial charge on any atom is 0.0565 e. The van der Waals surface area contributed by atoms with E-state index in [2.05, 4.69) is 19.6 Å². The van der Waals surface area contributed by atoms with Crippen molar-refractivity contribution in [3.8, 4) is 0 Å². The van der Waals surface area contributed by atoms with E-state index in [0.717, 1.165) is 0 Å². The smallest absolute Gasteiger partial charge is 0.0565 e. The Morgan fingerprint density at radius 1 is 1.29 bits per heavy atom. The van der Waals surface area contributed by atoms with E-state index in [-0.39, 0.29) is 12.1 Å². The van der Waals surface area contributed by atoms with E-state index in [1.54, 1.807) is 0 Å². The summed E-state index contributed by atoms with van der Waals surface area (Å²) < 4.78 is 8.07. The van der Waals surface area contributed by atoms with Gasteiger partial charge < -0.3 is 5.11 Å². The lowest BCUT2D eigenvalue weighted by atomic mass is 9.84. The summed E-state index contributed by atoms with van der Waals surface area (Å²) in [6, 6.07) is -0.00516. The normalized spacial score (nSPS) is 25.6. The van der Waals surface area contributed by atoms with Gasteiger partial charge in [0.05, 0.1) is 6.10 Å². The highest BCUT2D eigenvalue weighted by atomic mass is 28.3. The number of aliphatic hydroxyl groups is 1. The van der Waals surface area contributed by atoms with Crippen molar-refractivity contribution < 1.29 is 6.48 Å². The second-order valence-electron chi connectivity index (χ2n) is 5.77. The molecule has 0 aromatic carbocycles. The molecule has 1 fully saturated rings. The van der Waals surface area contributed by atoms with Gasteiger partial charge in [-0.1, -0.05) is 44.9 Å². The van der Waals surface area contributed by atoms with E-state index in [1.165, 1.54) is 32.1 Å². The van der Waals surface area contributed by atoms with Gasteiger partial charge >= 0.3 is 0 Å². The monoisotopic (exact) mass is 215 g/mol. The van der Waals surface area contributed by atoms with Crippen LogP contribution in [0.25, 0.3) is 0 Å². The Morgan fingerprint density at radius 2 is 1.86 bits per heavy atom. The molecule has 1 rings (SSSR count). The fourth-order valence-corrected chi connectivity index (χ4v) is 3.13. The molecular weight excluding hydrogens is 188 g/mol. The van der Waals surface area contributed by atoms with Crippen LogP contribution in [0.1, 0.15) is 39.9 Å². The van der Waals surface area contributed by atoms with Gasteiger partial charge in [-0.3, -0.25) is 0 Å². The Morgan fingerprint density at radius 3 is 2.36 bits per heavy atom. The third-order valence-electron chi connectivity index (χ3n) is 3.17. The van der Waals surface area contributed by atoms with Crippen LogP contribution >= 0.6 is 0 Å². The van der Waals surface area contributed by atoms with Gasteiger partial charge in [0.2, 0.25) is 0 Å². The van der Waals surface area contributed by atoms with Crippen LogP contribution in [0.2, 0.25) is 25.7 Å². The molecule has 14 heavy (non-hydrogen) atoms. The molecule has 0 aromatic rings. The maximum atomic E-state index is 10.1. The van der Waals surface area contributed by atoms with Crippen molar-refractivity contribution in [2.45, 2.75) is 70.3 Å². The third kappa shape index (κ3) is 4.60. The molecule has 1 nitrogen and oxygen atoms in total. The Kier molecular flexibility index (Phi) is 4.06. The lowest BCUT2D eigenvalue weighted by Gasteiger charge is -2.28. The van der Waals surface area contributed by atoms with Gasteiger partial charge in [0.15, 0.2) is 0 Å². The average Bonchev–Trinajstić information content (AvgIpc) is 2.17. The highest BCUT2D eigenvalue weighted by Gasteiger charge is 2.23. The van der Waals surface area contributed by atoms with Crippen LogP contribution in [0, 0.1) is 5.92 Å². The molecule has 0 aliphatic heterocycles. The molecule has 0 amide bonds. The third-order valence-corrected chi connectivity index (χ3v) is 4.63. The summed E-state index contributed by atoms with van der Waals surface area (Å²) in [4.78, 5) is 0. The molecular formula is C12H26OSi. The Labute approximate surface area is 91.3 Å². The van der Waals surface area contributed by atoms with E-state index in [9.17, 15) is 5.11 Å². The first-order valence-corrected chi connectivity index (χ1v) is 9.59. The predicted octanol–water partition coefficient (Wildman–Crippen LogP) is 3.66. The first kappa shape index (κ1) is 10.7. The molecule has 1 aliphatic carbocycles. The van der Waals surface area contributed by atoms with Crippen molar-refractivity contribution >= 4 is 8.07 Å². The number of rotatable bonds is 4. The fourth-order valence-electron chi connectivity index (χ4n) is 2.19. The summed E-state index contributed by atoms with van der Waals surface area (Å²) >= 11 is 0. The van der Waals surface area contributed by atoms with Crippen molar-refractivity contribution in [3.05, 3.63) is 0 Å². The summed E-state index contributed by atoms with van der Waals surface area (Å²) in [6.45, 7) is 6.66. The molecule has 1 aliphatic rings. The van der Waals surface area contributed by atoms with Crippen molar-refractivity contribution in [1.82, 2.24) is 0 Å². The Bertz CT molecular complexity index is 185.